The van der Waals surface area contributed by atoms with Gasteiger partial charge in [-0.05, 0) is 6.42 Å². The fraction of sp³-hybridized carbons (Fsp3) is 0.750. The smallest absolute Gasteiger partial charge is 0.0947 e. The maximum Gasteiger partial charge on any atom is 0.0947 e. The molecule has 0 unspecified atom stereocenters. The fourth-order valence-electron chi connectivity index (χ4n) is 1.45. The lowest BCUT2D eigenvalue weighted by molar-refractivity contribution is 0.133. The van der Waals surface area contributed by atoms with Gasteiger partial charge in [0.15, 0.2) is 0 Å². The first-order valence-electron chi connectivity index (χ1n) is 4.59. The van der Waals surface area contributed by atoms with Gasteiger partial charge in [-0.15, -0.1) is 17.5 Å². The molecule has 1 fully saturated rings. The molecule has 2 heterocycles. The molecular formula is C8H15ClN4O. The first-order chi connectivity index (χ1) is 6.45. The molecule has 0 spiro atoms. The number of hydrogen-bond acceptors (Lipinski definition) is 4. The van der Waals surface area contributed by atoms with Crippen molar-refractivity contribution in [3.8, 4) is 0 Å². The van der Waals surface area contributed by atoms with E-state index in [4.69, 9.17) is 4.74 Å². The molecule has 0 saturated carbocycles. The number of halogens is 1. The van der Waals surface area contributed by atoms with Crippen molar-refractivity contribution in [1.29, 1.82) is 0 Å². The van der Waals surface area contributed by atoms with Crippen LogP contribution in [-0.4, -0.2) is 46.2 Å². The minimum absolute atomic E-state index is 0. The van der Waals surface area contributed by atoms with Gasteiger partial charge in [0.2, 0.25) is 0 Å². The zero-order valence-corrected chi connectivity index (χ0v) is 8.82. The minimum atomic E-state index is 0. The Morgan fingerprint density at radius 2 is 2.21 bits per heavy atom. The van der Waals surface area contributed by atoms with Crippen LogP contribution in [-0.2, 0) is 11.4 Å². The first kappa shape index (κ1) is 11.4. The van der Waals surface area contributed by atoms with Gasteiger partial charge in [-0.1, -0.05) is 5.21 Å². The van der Waals surface area contributed by atoms with Gasteiger partial charge in [-0.2, -0.15) is 0 Å². The van der Waals surface area contributed by atoms with Crippen LogP contribution in [0.1, 0.15) is 6.42 Å². The van der Waals surface area contributed by atoms with Crippen molar-refractivity contribution in [2.75, 3.05) is 26.3 Å². The summed E-state index contributed by atoms with van der Waals surface area (Å²) in [4.78, 5) is 2.32. The van der Waals surface area contributed by atoms with Gasteiger partial charge in [0.25, 0.3) is 0 Å². The quantitative estimate of drug-likeness (QED) is 0.720. The molecule has 0 N–H and O–H groups in total. The number of hydrogen-bond donors (Lipinski definition) is 0. The molecule has 2 rings (SSSR count). The van der Waals surface area contributed by atoms with Gasteiger partial charge in [0.05, 0.1) is 19.5 Å². The molecule has 1 aliphatic heterocycles. The highest BCUT2D eigenvalue weighted by molar-refractivity contribution is 5.85. The van der Waals surface area contributed by atoms with Gasteiger partial charge in [0.1, 0.15) is 0 Å². The van der Waals surface area contributed by atoms with E-state index in [9.17, 15) is 0 Å². The Hall–Kier alpha value is -0.650. The van der Waals surface area contributed by atoms with Crippen molar-refractivity contribution in [2.24, 2.45) is 0 Å². The third-order valence-electron chi connectivity index (χ3n) is 2.13. The van der Waals surface area contributed by atoms with Crippen LogP contribution in [0.5, 0.6) is 0 Å². The molecule has 1 aromatic heterocycles. The maximum absolute atomic E-state index is 5.36. The highest BCUT2D eigenvalue weighted by Crippen LogP contribution is 1.99. The van der Waals surface area contributed by atoms with Crippen LogP contribution in [0, 0.1) is 0 Å². The van der Waals surface area contributed by atoms with Gasteiger partial charge < -0.3 is 4.74 Å². The standard InChI is InChI=1S/C8H14N4O.ClH/c1-3-11(5-7-13-6-1)8-12-4-2-9-10-12;/h2,4H,1,3,5-8H2;1H. The normalized spacial score (nSPS) is 18.6. The summed E-state index contributed by atoms with van der Waals surface area (Å²) < 4.78 is 7.20. The predicted octanol–water partition coefficient (Wildman–Crippen LogP) is 0.380. The van der Waals surface area contributed by atoms with E-state index in [0.717, 1.165) is 39.4 Å². The van der Waals surface area contributed by atoms with E-state index in [2.05, 4.69) is 15.2 Å². The molecule has 5 nitrogen and oxygen atoms in total. The van der Waals surface area contributed by atoms with Gasteiger partial charge in [0, 0.05) is 25.9 Å². The molecule has 80 valence electrons. The molecule has 6 heteroatoms. The Morgan fingerprint density at radius 3 is 3.00 bits per heavy atom. The van der Waals surface area contributed by atoms with E-state index in [1.165, 1.54) is 0 Å². The molecular weight excluding hydrogens is 204 g/mol. The summed E-state index contributed by atoms with van der Waals surface area (Å²) in [7, 11) is 0. The predicted molar refractivity (Wildman–Crippen MR) is 54.3 cm³/mol. The van der Waals surface area contributed by atoms with E-state index in [0.29, 0.717) is 0 Å². The Labute approximate surface area is 89.4 Å². The van der Waals surface area contributed by atoms with Crippen molar-refractivity contribution in [3.63, 3.8) is 0 Å². The SMILES string of the molecule is Cl.c1cn(CN2CCCOCC2)nn1. The van der Waals surface area contributed by atoms with Gasteiger partial charge in [-0.3, -0.25) is 4.90 Å². The monoisotopic (exact) mass is 218 g/mol. The lowest BCUT2D eigenvalue weighted by Crippen LogP contribution is -2.29. The fourth-order valence-corrected chi connectivity index (χ4v) is 1.45. The van der Waals surface area contributed by atoms with Crippen molar-refractivity contribution in [3.05, 3.63) is 12.4 Å². The Bertz CT molecular complexity index is 233. The molecule has 0 aromatic carbocycles. The molecule has 0 amide bonds. The van der Waals surface area contributed by atoms with Crippen LogP contribution < -0.4 is 0 Å². The van der Waals surface area contributed by atoms with E-state index in [1.54, 1.807) is 6.20 Å². The van der Waals surface area contributed by atoms with Crippen molar-refractivity contribution in [1.82, 2.24) is 19.9 Å². The summed E-state index contributed by atoms with van der Waals surface area (Å²) in [5.41, 5.74) is 0. The first-order valence-corrected chi connectivity index (χ1v) is 4.59. The molecule has 0 atom stereocenters. The summed E-state index contributed by atoms with van der Waals surface area (Å²) >= 11 is 0. The number of ether oxygens (including phenoxy) is 1. The molecule has 14 heavy (non-hydrogen) atoms. The van der Waals surface area contributed by atoms with E-state index in [-0.39, 0.29) is 12.4 Å². The third kappa shape index (κ3) is 3.25. The Kier molecular flexibility index (Phi) is 4.86. The van der Waals surface area contributed by atoms with Gasteiger partial charge in [-0.25, -0.2) is 4.68 Å². The van der Waals surface area contributed by atoms with Crippen LogP contribution >= 0.6 is 12.4 Å². The van der Waals surface area contributed by atoms with Gasteiger partial charge >= 0.3 is 0 Å². The molecule has 1 aromatic rings. The number of aromatic nitrogens is 3. The molecule has 0 bridgehead atoms. The molecule has 1 aliphatic rings. The Balaban J connectivity index is 0.000000980. The second kappa shape index (κ2) is 5.95. The van der Waals surface area contributed by atoms with Crippen LogP contribution in [0.15, 0.2) is 12.4 Å². The zero-order valence-electron chi connectivity index (χ0n) is 8.00. The van der Waals surface area contributed by atoms with Crippen LogP contribution in [0.25, 0.3) is 0 Å². The van der Waals surface area contributed by atoms with Crippen LogP contribution in [0.4, 0.5) is 0 Å². The van der Waals surface area contributed by atoms with Crippen LogP contribution in [0.2, 0.25) is 0 Å². The lowest BCUT2D eigenvalue weighted by atomic mass is 10.4. The van der Waals surface area contributed by atoms with Crippen molar-refractivity contribution in [2.45, 2.75) is 13.1 Å². The highest BCUT2D eigenvalue weighted by Gasteiger charge is 2.08. The largest absolute Gasteiger partial charge is 0.380 e. The minimum Gasteiger partial charge on any atom is -0.380 e. The topological polar surface area (TPSA) is 43.2 Å². The maximum atomic E-state index is 5.36. The van der Waals surface area contributed by atoms with E-state index < -0.39 is 0 Å². The highest BCUT2D eigenvalue weighted by atomic mass is 35.5. The number of nitrogens with zero attached hydrogens (tertiary/aromatic N) is 4. The summed E-state index contributed by atoms with van der Waals surface area (Å²) in [5.74, 6) is 0. The zero-order chi connectivity index (χ0) is 8.93. The molecule has 0 aliphatic carbocycles. The Morgan fingerprint density at radius 1 is 1.29 bits per heavy atom. The average molecular weight is 219 g/mol. The van der Waals surface area contributed by atoms with Crippen molar-refractivity contribution >= 4 is 12.4 Å². The summed E-state index contributed by atoms with van der Waals surface area (Å²) in [6.45, 7) is 4.60. The second-order valence-corrected chi connectivity index (χ2v) is 3.17. The van der Waals surface area contributed by atoms with Crippen molar-refractivity contribution < 1.29 is 4.74 Å². The lowest BCUT2D eigenvalue weighted by Gasteiger charge is -2.17. The summed E-state index contributed by atoms with van der Waals surface area (Å²) in [6.07, 6.45) is 4.69. The average Bonchev–Trinajstić information content (AvgIpc) is 2.49. The second-order valence-electron chi connectivity index (χ2n) is 3.17. The third-order valence-corrected chi connectivity index (χ3v) is 2.13. The van der Waals surface area contributed by atoms with E-state index in [1.807, 2.05) is 10.9 Å². The summed E-state index contributed by atoms with van der Waals surface area (Å²) in [6, 6.07) is 0. The number of rotatable bonds is 2. The van der Waals surface area contributed by atoms with Crippen LogP contribution in [0.3, 0.4) is 0 Å². The summed E-state index contributed by atoms with van der Waals surface area (Å²) in [5, 5.41) is 7.69. The van der Waals surface area contributed by atoms with E-state index >= 15 is 0 Å². The molecule has 0 radical (unpaired) electrons. The molecule has 1 saturated heterocycles.